The second-order valence-corrected chi connectivity index (χ2v) is 7.79. The van der Waals surface area contributed by atoms with Crippen molar-refractivity contribution in [3.05, 3.63) is 36.4 Å². The summed E-state index contributed by atoms with van der Waals surface area (Å²) < 4.78 is 3.38. The lowest BCUT2D eigenvalue weighted by atomic mass is 9.96. The fourth-order valence-electron chi connectivity index (χ4n) is 4.38. The van der Waals surface area contributed by atoms with E-state index in [9.17, 15) is 14.9 Å². The Morgan fingerprint density at radius 1 is 1.29 bits per heavy atom. The SMILES string of the molecule is N#CCC(C1CCCC1)n1cc(-c2c(C(N)=O)cnn3cc(NCC(=O)O)cc23)cn1. The summed E-state index contributed by atoms with van der Waals surface area (Å²) in [6.07, 6.45) is 11.4. The molecule has 4 N–H and O–H groups in total. The van der Waals surface area contributed by atoms with Gasteiger partial charge in [0, 0.05) is 17.3 Å². The van der Waals surface area contributed by atoms with E-state index in [1.165, 1.54) is 6.20 Å². The van der Waals surface area contributed by atoms with E-state index in [1.54, 1.807) is 23.0 Å². The molecule has 10 nitrogen and oxygen atoms in total. The highest BCUT2D eigenvalue weighted by Gasteiger charge is 2.27. The van der Waals surface area contributed by atoms with E-state index in [-0.39, 0.29) is 18.2 Å². The van der Waals surface area contributed by atoms with E-state index in [1.807, 2.05) is 10.9 Å². The number of nitrogens with two attached hydrogens (primary N) is 1. The average Bonchev–Trinajstić information content (AvgIpc) is 3.50. The molecule has 1 aliphatic rings. The molecule has 1 aliphatic carbocycles. The van der Waals surface area contributed by atoms with E-state index < -0.39 is 11.9 Å². The summed E-state index contributed by atoms with van der Waals surface area (Å²) >= 11 is 0. The molecule has 0 aliphatic heterocycles. The summed E-state index contributed by atoms with van der Waals surface area (Å²) in [5.41, 5.74) is 8.26. The van der Waals surface area contributed by atoms with Crippen LogP contribution in [0.1, 0.15) is 48.5 Å². The minimum atomic E-state index is -0.988. The molecule has 1 fully saturated rings. The summed E-state index contributed by atoms with van der Waals surface area (Å²) in [4.78, 5) is 23.0. The summed E-state index contributed by atoms with van der Waals surface area (Å²) in [6.45, 7) is -0.246. The number of amides is 1. The standard InChI is InChI=1S/C21H23N7O3/c22-6-5-17(13-3-1-2-4-13)27-11-14(8-25-27)20-16(21(23)31)9-26-28-12-15(7-18(20)28)24-10-19(29)30/h7-9,11-13,17,24H,1-5,10H2,(H2,23,31)(H,29,30). The summed E-state index contributed by atoms with van der Waals surface area (Å²) in [5, 5.41) is 29.8. The van der Waals surface area contributed by atoms with Crippen molar-refractivity contribution in [2.24, 2.45) is 11.7 Å². The molecule has 0 radical (unpaired) electrons. The normalized spacial score (nSPS) is 15.1. The Morgan fingerprint density at radius 3 is 2.74 bits per heavy atom. The van der Waals surface area contributed by atoms with Gasteiger partial charge in [-0.3, -0.25) is 14.3 Å². The number of aromatic nitrogens is 4. The van der Waals surface area contributed by atoms with Gasteiger partial charge in [-0.1, -0.05) is 12.8 Å². The average molecular weight is 421 g/mol. The molecule has 160 valence electrons. The van der Waals surface area contributed by atoms with Crippen LogP contribution in [0.5, 0.6) is 0 Å². The maximum Gasteiger partial charge on any atom is 0.322 e. The topological polar surface area (TPSA) is 151 Å². The van der Waals surface area contributed by atoms with Gasteiger partial charge in [0.15, 0.2) is 0 Å². The molecule has 4 rings (SSSR count). The van der Waals surface area contributed by atoms with Gasteiger partial charge in [-0.15, -0.1) is 0 Å². The predicted molar refractivity (Wildman–Crippen MR) is 112 cm³/mol. The van der Waals surface area contributed by atoms with Crippen molar-refractivity contribution < 1.29 is 14.7 Å². The number of anilines is 1. The number of rotatable bonds is 8. The Kier molecular flexibility index (Phi) is 5.58. The third-order valence-electron chi connectivity index (χ3n) is 5.82. The first kappa shape index (κ1) is 20.4. The highest BCUT2D eigenvalue weighted by molar-refractivity contribution is 6.03. The van der Waals surface area contributed by atoms with Crippen molar-refractivity contribution in [3.8, 4) is 17.2 Å². The van der Waals surface area contributed by atoms with Gasteiger partial charge in [-0.05, 0) is 24.8 Å². The van der Waals surface area contributed by atoms with Crippen LogP contribution >= 0.6 is 0 Å². The monoisotopic (exact) mass is 421 g/mol. The van der Waals surface area contributed by atoms with Crippen molar-refractivity contribution in [1.82, 2.24) is 19.4 Å². The molecule has 3 aromatic heterocycles. The van der Waals surface area contributed by atoms with Crippen molar-refractivity contribution in [1.29, 1.82) is 5.26 Å². The van der Waals surface area contributed by atoms with Crippen molar-refractivity contribution in [2.45, 2.75) is 38.1 Å². The van der Waals surface area contributed by atoms with Gasteiger partial charge in [0.2, 0.25) is 0 Å². The predicted octanol–water partition coefficient (Wildman–Crippen LogP) is 2.44. The number of nitrogens with one attached hydrogen (secondary N) is 1. The van der Waals surface area contributed by atoms with Gasteiger partial charge < -0.3 is 16.2 Å². The third-order valence-corrected chi connectivity index (χ3v) is 5.82. The lowest BCUT2D eigenvalue weighted by molar-refractivity contribution is -0.134. The maximum atomic E-state index is 12.1. The summed E-state index contributed by atoms with van der Waals surface area (Å²) in [7, 11) is 0. The van der Waals surface area contributed by atoms with Crippen LogP contribution in [0.4, 0.5) is 5.69 Å². The zero-order valence-corrected chi connectivity index (χ0v) is 16.9. The molecular formula is C21H23N7O3. The molecule has 1 saturated carbocycles. The molecule has 3 heterocycles. The number of carboxylic acid groups (broad SMARTS) is 1. The number of aliphatic carboxylic acids is 1. The second-order valence-electron chi connectivity index (χ2n) is 7.79. The zero-order valence-electron chi connectivity index (χ0n) is 16.9. The molecule has 0 spiro atoms. The fraction of sp³-hybridized carbons (Fsp3) is 0.381. The molecule has 0 saturated heterocycles. The molecular weight excluding hydrogens is 398 g/mol. The summed E-state index contributed by atoms with van der Waals surface area (Å²) in [5.74, 6) is -1.21. The molecule has 0 bridgehead atoms. The van der Waals surface area contributed by atoms with Gasteiger partial charge >= 0.3 is 5.97 Å². The molecule has 10 heteroatoms. The van der Waals surface area contributed by atoms with Crippen LogP contribution in [-0.4, -0.2) is 42.9 Å². The highest BCUT2D eigenvalue weighted by Crippen LogP contribution is 2.37. The summed E-state index contributed by atoms with van der Waals surface area (Å²) in [6, 6.07) is 3.98. The van der Waals surface area contributed by atoms with Gasteiger partial charge in [-0.25, -0.2) is 4.52 Å². The van der Waals surface area contributed by atoms with Gasteiger partial charge in [-0.2, -0.15) is 15.5 Å². The number of primary amides is 1. The number of carboxylic acids is 1. The van der Waals surface area contributed by atoms with Crippen LogP contribution in [0.3, 0.4) is 0 Å². The van der Waals surface area contributed by atoms with Gasteiger partial charge in [0.1, 0.15) is 6.54 Å². The Labute approximate surface area is 178 Å². The first-order valence-corrected chi connectivity index (χ1v) is 10.2. The van der Waals surface area contributed by atoms with E-state index in [2.05, 4.69) is 21.6 Å². The van der Waals surface area contributed by atoms with Crippen LogP contribution in [-0.2, 0) is 4.79 Å². The first-order chi connectivity index (χ1) is 15.0. The van der Waals surface area contributed by atoms with Gasteiger partial charge in [0.05, 0.1) is 53.9 Å². The maximum absolute atomic E-state index is 12.1. The minimum Gasteiger partial charge on any atom is -0.480 e. The van der Waals surface area contributed by atoms with Crippen molar-refractivity contribution >= 4 is 23.1 Å². The van der Waals surface area contributed by atoms with Crippen LogP contribution in [0.2, 0.25) is 0 Å². The Morgan fingerprint density at radius 2 is 2.06 bits per heavy atom. The zero-order chi connectivity index (χ0) is 22.0. The van der Waals surface area contributed by atoms with E-state index in [4.69, 9.17) is 10.8 Å². The number of hydrogen-bond donors (Lipinski definition) is 3. The largest absolute Gasteiger partial charge is 0.480 e. The first-order valence-electron chi connectivity index (χ1n) is 10.2. The number of fused-ring (bicyclic) bond motifs is 1. The quantitative estimate of drug-likeness (QED) is 0.505. The molecule has 1 amide bonds. The third kappa shape index (κ3) is 4.07. The number of hydrogen-bond acceptors (Lipinski definition) is 6. The highest BCUT2D eigenvalue weighted by atomic mass is 16.4. The lowest BCUT2D eigenvalue weighted by Gasteiger charge is -2.21. The number of nitrogens with zero attached hydrogens (tertiary/aromatic N) is 5. The van der Waals surface area contributed by atoms with Crippen LogP contribution in [0, 0.1) is 17.2 Å². The van der Waals surface area contributed by atoms with Crippen LogP contribution < -0.4 is 11.1 Å². The fourth-order valence-corrected chi connectivity index (χ4v) is 4.38. The smallest absolute Gasteiger partial charge is 0.322 e. The lowest BCUT2D eigenvalue weighted by Crippen LogP contribution is -2.17. The van der Waals surface area contributed by atoms with E-state index >= 15 is 0 Å². The van der Waals surface area contributed by atoms with Crippen LogP contribution in [0.15, 0.2) is 30.9 Å². The van der Waals surface area contributed by atoms with Crippen LogP contribution in [0.25, 0.3) is 16.6 Å². The molecule has 0 aromatic carbocycles. The van der Waals surface area contributed by atoms with Crippen molar-refractivity contribution in [2.75, 3.05) is 11.9 Å². The van der Waals surface area contributed by atoms with Crippen molar-refractivity contribution in [3.63, 3.8) is 0 Å². The molecule has 31 heavy (non-hydrogen) atoms. The minimum absolute atomic E-state index is 0.0179. The molecule has 1 unspecified atom stereocenters. The molecule has 3 aromatic rings. The van der Waals surface area contributed by atoms with Gasteiger partial charge in [0.25, 0.3) is 5.91 Å². The molecule has 1 atom stereocenters. The number of nitriles is 1. The Hall–Kier alpha value is -3.87. The van der Waals surface area contributed by atoms with E-state index in [0.29, 0.717) is 34.7 Å². The van der Waals surface area contributed by atoms with E-state index in [0.717, 1.165) is 25.7 Å². The number of carbonyl (C=O) groups excluding carboxylic acids is 1. The Bertz CT molecular complexity index is 1170. The second kappa shape index (κ2) is 8.47. The number of carbonyl (C=O) groups is 2. The Balaban J connectivity index is 1.77.